The van der Waals surface area contributed by atoms with Crippen LogP contribution >= 0.6 is 0 Å². The third-order valence-electron chi connectivity index (χ3n) is 6.63. The van der Waals surface area contributed by atoms with Crippen molar-refractivity contribution in [2.24, 2.45) is 11.8 Å². The van der Waals surface area contributed by atoms with E-state index in [1.54, 1.807) is 5.57 Å². The van der Waals surface area contributed by atoms with E-state index in [1.165, 1.54) is 81.3 Å². The molecule has 1 nitrogen and oxygen atoms in total. The Labute approximate surface area is 178 Å². The molecule has 1 fully saturated rings. The molecule has 1 saturated heterocycles. The van der Waals surface area contributed by atoms with E-state index in [2.05, 4.69) is 79.3 Å². The zero-order valence-corrected chi connectivity index (χ0v) is 18.0. The number of nitrogens with zero attached hydrogens (tertiary/aromatic N) is 1. The van der Waals surface area contributed by atoms with E-state index in [-0.39, 0.29) is 0 Å². The second-order valence-corrected chi connectivity index (χ2v) is 8.48. The molecule has 4 rings (SSSR count). The summed E-state index contributed by atoms with van der Waals surface area (Å²) in [6.45, 7) is 12.9. The van der Waals surface area contributed by atoms with E-state index in [0.717, 1.165) is 5.92 Å². The minimum Gasteiger partial charge on any atom is -0.371 e. The lowest BCUT2D eigenvalue weighted by molar-refractivity contribution is 0.530. The Balaban J connectivity index is 0.00000117. The van der Waals surface area contributed by atoms with Gasteiger partial charge >= 0.3 is 0 Å². The molecular weight excluding hydrogens is 350 g/mol. The molecule has 2 aliphatic carbocycles. The first-order chi connectivity index (χ1) is 14.3. The first-order valence-corrected chi connectivity index (χ1v) is 11.3. The normalized spacial score (nSPS) is 23.7. The fraction of sp³-hybridized carbons (Fsp3) is 0.429. The van der Waals surface area contributed by atoms with Gasteiger partial charge in [0.05, 0.1) is 0 Å². The van der Waals surface area contributed by atoms with Crippen molar-refractivity contribution in [2.45, 2.75) is 51.4 Å². The first kappa shape index (κ1) is 21.4. The standard InChI is InChI=1S/C26H33N.C2H4/c1-21(24-8-4-2-5-9-24)25-16-14-22(15-17-25)12-13-23-18-19-27(20-23)26-10-6-3-7-11-26;1-2/h3-4,6-8,10-11,14,16,23-24H,1-2,5,9,12-13,15,17-20H2;1-2H2. The lowest BCUT2D eigenvalue weighted by Crippen LogP contribution is -2.19. The molecule has 1 aromatic rings. The van der Waals surface area contributed by atoms with Gasteiger partial charge in [-0.3, -0.25) is 0 Å². The van der Waals surface area contributed by atoms with Gasteiger partial charge in [-0.2, -0.15) is 0 Å². The van der Waals surface area contributed by atoms with Crippen LogP contribution in [0, 0.1) is 11.8 Å². The summed E-state index contributed by atoms with van der Waals surface area (Å²) in [5.74, 6) is 1.43. The third kappa shape index (κ3) is 5.85. The molecule has 0 saturated carbocycles. The summed E-state index contributed by atoms with van der Waals surface area (Å²) in [5, 5.41) is 0. The van der Waals surface area contributed by atoms with Crippen molar-refractivity contribution in [1.29, 1.82) is 0 Å². The summed E-state index contributed by atoms with van der Waals surface area (Å²) in [5.41, 5.74) is 5.89. The number of hydrogen-bond donors (Lipinski definition) is 0. The van der Waals surface area contributed by atoms with Crippen molar-refractivity contribution in [2.75, 3.05) is 18.0 Å². The highest BCUT2D eigenvalue weighted by atomic mass is 15.1. The fourth-order valence-corrected chi connectivity index (χ4v) is 4.83. The molecule has 3 aliphatic rings. The maximum absolute atomic E-state index is 4.42. The van der Waals surface area contributed by atoms with Crippen LogP contribution < -0.4 is 4.90 Å². The van der Waals surface area contributed by atoms with E-state index in [4.69, 9.17) is 0 Å². The smallest absolute Gasteiger partial charge is 0.0366 e. The summed E-state index contributed by atoms with van der Waals surface area (Å²) in [7, 11) is 0. The third-order valence-corrected chi connectivity index (χ3v) is 6.63. The van der Waals surface area contributed by atoms with Crippen LogP contribution in [0.5, 0.6) is 0 Å². The van der Waals surface area contributed by atoms with Gasteiger partial charge in [-0.25, -0.2) is 0 Å². The molecule has 1 heterocycles. The molecule has 1 aliphatic heterocycles. The Morgan fingerprint density at radius 2 is 1.86 bits per heavy atom. The van der Waals surface area contributed by atoms with Crippen LogP contribution in [0.15, 0.2) is 91.1 Å². The van der Waals surface area contributed by atoms with Crippen molar-refractivity contribution < 1.29 is 0 Å². The van der Waals surface area contributed by atoms with Crippen molar-refractivity contribution in [3.8, 4) is 0 Å². The van der Waals surface area contributed by atoms with Gasteiger partial charge in [0.25, 0.3) is 0 Å². The summed E-state index contributed by atoms with van der Waals surface area (Å²) in [6, 6.07) is 10.9. The number of allylic oxidation sites excluding steroid dienone is 7. The molecule has 29 heavy (non-hydrogen) atoms. The molecule has 1 aromatic carbocycles. The topological polar surface area (TPSA) is 3.24 Å². The van der Waals surface area contributed by atoms with Crippen LogP contribution in [0.2, 0.25) is 0 Å². The molecule has 0 amide bonds. The monoisotopic (exact) mass is 387 g/mol. The van der Waals surface area contributed by atoms with Gasteiger partial charge in [-0.1, -0.05) is 54.7 Å². The minimum absolute atomic E-state index is 0.586. The van der Waals surface area contributed by atoms with Crippen LogP contribution in [0.4, 0.5) is 5.69 Å². The van der Waals surface area contributed by atoms with Crippen LogP contribution in [0.25, 0.3) is 0 Å². The molecule has 2 atom stereocenters. The number of para-hydroxylation sites is 1. The summed E-state index contributed by atoms with van der Waals surface area (Å²) >= 11 is 0. The van der Waals surface area contributed by atoms with E-state index in [9.17, 15) is 0 Å². The summed E-state index contributed by atoms with van der Waals surface area (Å²) in [6.07, 6.45) is 19.7. The number of anilines is 1. The summed E-state index contributed by atoms with van der Waals surface area (Å²) < 4.78 is 0. The average molecular weight is 388 g/mol. The van der Waals surface area contributed by atoms with E-state index < -0.39 is 0 Å². The Kier molecular flexibility index (Phi) is 8.16. The van der Waals surface area contributed by atoms with Gasteiger partial charge in [0.1, 0.15) is 0 Å². The number of rotatable bonds is 6. The molecule has 0 spiro atoms. The predicted molar refractivity (Wildman–Crippen MR) is 128 cm³/mol. The molecule has 0 bridgehead atoms. The summed E-state index contributed by atoms with van der Waals surface area (Å²) in [4.78, 5) is 2.56. The van der Waals surface area contributed by atoms with E-state index in [0.29, 0.717) is 5.92 Å². The molecule has 1 heteroatoms. The van der Waals surface area contributed by atoms with Crippen LogP contribution in [0.1, 0.15) is 51.4 Å². The molecule has 0 N–H and O–H groups in total. The second kappa shape index (κ2) is 11.0. The van der Waals surface area contributed by atoms with Gasteiger partial charge in [-0.15, -0.1) is 13.2 Å². The second-order valence-electron chi connectivity index (χ2n) is 8.48. The number of benzene rings is 1. The van der Waals surface area contributed by atoms with Gasteiger partial charge < -0.3 is 4.90 Å². The molecule has 0 radical (unpaired) electrons. The quantitative estimate of drug-likeness (QED) is 0.453. The fourth-order valence-electron chi connectivity index (χ4n) is 4.83. The van der Waals surface area contributed by atoms with Gasteiger partial charge in [0.2, 0.25) is 0 Å². The van der Waals surface area contributed by atoms with Crippen molar-refractivity contribution in [3.05, 3.63) is 91.1 Å². The lowest BCUT2D eigenvalue weighted by atomic mass is 9.82. The minimum atomic E-state index is 0.586. The predicted octanol–water partition coefficient (Wildman–Crippen LogP) is 7.65. The first-order valence-electron chi connectivity index (χ1n) is 11.3. The molecule has 0 aromatic heterocycles. The maximum atomic E-state index is 4.42. The Bertz CT molecular complexity index is 752. The van der Waals surface area contributed by atoms with Crippen molar-refractivity contribution in [1.82, 2.24) is 0 Å². The highest BCUT2D eigenvalue weighted by Gasteiger charge is 2.23. The van der Waals surface area contributed by atoms with E-state index in [1.807, 2.05) is 0 Å². The SMILES string of the molecule is C=C.C=C(C1=CC=C(CCC2CCN(c3ccccc3)C2)CC1)C1C=CCCC1. The van der Waals surface area contributed by atoms with E-state index >= 15 is 0 Å². The average Bonchev–Trinajstić information content (AvgIpc) is 3.29. The number of hydrogen-bond acceptors (Lipinski definition) is 1. The highest BCUT2D eigenvalue weighted by molar-refractivity contribution is 5.47. The van der Waals surface area contributed by atoms with Crippen LogP contribution in [-0.4, -0.2) is 13.1 Å². The van der Waals surface area contributed by atoms with Gasteiger partial charge in [0, 0.05) is 24.7 Å². The molecule has 2 unspecified atom stereocenters. The van der Waals surface area contributed by atoms with Gasteiger partial charge in [0.15, 0.2) is 0 Å². The zero-order valence-electron chi connectivity index (χ0n) is 18.0. The van der Waals surface area contributed by atoms with Crippen molar-refractivity contribution in [3.63, 3.8) is 0 Å². The Hall–Kier alpha value is -2.28. The lowest BCUT2D eigenvalue weighted by Gasteiger charge is -2.24. The maximum Gasteiger partial charge on any atom is 0.0366 e. The van der Waals surface area contributed by atoms with Gasteiger partial charge in [-0.05, 0) is 80.6 Å². The van der Waals surface area contributed by atoms with Crippen LogP contribution in [0.3, 0.4) is 0 Å². The zero-order chi connectivity index (χ0) is 20.5. The van der Waals surface area contributed by atoms with Crippen LogP contribution in [-0.2, 0) is 0 Å². The van der Waals surface area contributed by atoms with Crippen molar-refractivity contribution >= 4 is 5.69 Å². The highest BCUT2D eigenvalue weighted by Crippen LogP contribution is 2.34. The Morgan fingerprint density at radius 1 is 1.03 bits per heavy atom. The largest absolute Gasteiger partial charge is 0.371 e. The Morgan fingerprint density at radius 3 is 2.55 bits per heavy atom. The molecule has 154 valence electrons. The molecular formula is C28H37N.